The number of hydrogen-bond acceptors (Lipinski definition) is 5. The van der Waals surface area contributed by atoms with Crippen molar-refractivity contribution in [3.63, 3.8) is 0 Å². The van der Waals surface area contributed by atoms with E-state index >= 15 is 0 Å². The largest absolute Gasteiger partial charge is 0.497 e. The van der Waals surface area contributed by atoms with Crippen molar-refractivity contribution < 1.29 is 18.7 Å². The number of likely N-dealkylation sites (N-methyl/N-ethyl adjacent to an activating group) is 1. The molecule has 1 aliphatic carbocycles. The van der Waals surface area contributed by atoms with Crippen LogP contribution in [-0.4, -0.2) is 68.3 Å². The van der Waals surface area contributed by atoms with Gasteiger partial charge >= 0.3 is 5.97 Å². The van der Waals surface area contributed by atoms with Crippen LogP contribution in [0.3, 0.4) is 0 Å². The van der Waals surface area contributed by atoms with Crippen LogP contribution in [-0.2, 0) is 27.8 Å². The van der Waals surface area contributed by atoms with Crippen LogP contribution < -0.4 is 4.74 Å². The Labute approximate surface area is 196 Å². The Hall–Kier alpha value is -2.44. The van der Waals surface area contributed by atoms with Crippen LogP contribution in [0.4, 0.5) is 4.39 Å². The highest BCUT2D eigenvalue weighted by atomic mass is 19.1. The molecular formula is C27H35FN2O3. The first-order chi connectivity index (χ1) is 15.9. The summed E-state index contributed by atoms with van der Waals surface area (Å²) in [6.45, 7) is 6.52. The van der Waals surface area contributed by atoms with Crippen molar-refractivity contribution in [3.8, 4) is 5.75 Å². The molecule has 0 saturated carbocycles. The van der Waals surface area contributed by atoms with Gasteiger partial charge in [-0.05, 0) is 80.7 Å². The Morgan fingerprint density at radius 1 is 1.24 bits per heavy atom. The molecule has 0 aromatic heterocycles. The lowest BCUT2D eigenvalue weighted by Crippen LogP contribution is -2.67. The molecule has 4 rings (SSSR count). The van der Waals surface area contributed by atoms with Gasteiger partial charge in [0.05, 0.1) is 20.3 Å². The first kappa shape index (κ1) is 23.7. The number of benzene rings is 2. The zero-order valence-electron chi connectivity index (χ0n) is 20.1. The normalized spacial score (nSPS) is 24.4. The van der Waals surface area contributed by atoms with Crippen molar-refractivity contribution >= 4 is 5.97 Å². The quantitative estimate of drug-likeness (QED) is 0.567. The lowest BCUT2D eigenvalue weighted by molar-refractivity contribution is -0.146. The van der Waals surface area contributed by atoms with Crippen LogP contribution in [0.25, 0.3) is 0 Å². The standard InChI is InChI=1S/C27H35FN2O3/c1-5-33-25(31)18-30(14-12-19-6-9-21(28)10-7-19)26-24-16-20-8-11-22(32-4)17-23(20)27(26,2)13-15-29(24)3/h6-11,17,24,26H,5,12-16,18H2,1-4H3/t24-,26-,27?/m1/s1. The smallest absolute Gasteiger partial charge is 0.320 e. The molecule has 0 spiro atoms. The highest BCUT2D eigenvalue weighted by Crippen LogP contribution is 2.47. The van der Waals surface area contributed by atoms with Gasteiger partial charge in [0.15, 0.2) is 0 Å². The number of likely N-dealkylation sites (tertiary alicyclic amines) is 1. The van der Waals surface area contributed by atoms with E-state index in [4.69, 9.17) is 9.47 Å². The predicted molar refractivity (Wildman–Crippen MR) is 127 cm³/mol. The van der Waals surface area contributed by atoms with Gasteiger partial charge in [0.1, 0.15) is 11.6 Å². The van der Waals surface area contributed by atoms with Crippen molar-refractivity contribution in [2.75, 3.05) is 40.4 Å². The highest BCUT2D eigenvalue weighted by Gasteiger charge is 2.52. The van der Waals surface area contributed by atoms with Crippen LogP contribution in [0.15, 0.2) is 42.5 Å². The molecule has 1 heterocycles. The Kier molecular flexibility index (Phi) is 7.05. The molecule has 1 unspecified atom stereocenters. The average molecular weight is 455 g/mol. The van der Waals surface area contributed by atoms with Crippen molar-refractivity contribution in [3.05, 3.63) is 65.0 Å². The molecule has 3 atom stereocenters. The van der Waals surface area contributed by atoms with Crippen LogP contribution >= 0.6 is 0 Å². The summed E-state index contributed by atoms with van der Waals surface area (Å²) in [5, 5.41) is 0. The fraction of sp³-hybridized carbons (Fsp3) is 0.519. The number of methoxy groups -OCH3 is 1. The van der Waals surface area contributed by atoms with Gasteiger partial charge in [0, 0.05) is 24.0 Å². The summed E-state index contributed by atoms with van der Waals surface area (Å²) in [5.74, 6) is 0.440. The number of carbonyl (C=O) groups excluding carboxylic acids is 1. The molecule has 1 fully saturated rings. The molecule has 2 aromatic carbocycles. The number of esters is 1. The van der Waals surface area contributed by atoms with Gasteiger partial charge in [-0.2, -0.15) is 0 Å². The van der Waals surface area contributed by atoms with E-state index in [9.17, 15) is 9.18 Å². The molecule has 1 aliphatic heterocycles. The van der Waals surface area contributed by atoms with Crippen molar-refractivity contribution in [1.29, 1.82) is 0 Å². The Bertz CT molecular complexity index is 980. The van der Waals surface area contributed by atoms with E-state index < -0.39 is 0 Å². The molecule has 1 saturated heterocycles. The molecular weight excluding hydrogens is 419 g/mol. The second-order valence-electron chi connectivity index (χ2n) is 9.54. The summed E-state index contributed by atoms with van der Waals surface area (Å²) in [6.07, 6.45) is 2.68. The maximum atomic E-state index is 13.4. The van der Waals surface area contributed by atoms with Gasteiger partial charge in [-0.1, -0.05) is 25.1 Å². The SMILES string of the molecule is CCOC(=O)CN(CCc1ccc(F)cc1)[C@@H]1[C@H]2Cc3ccc(OC)cc3C1(C)CCN2C. The summed E-state index contributed by atoms with van der Waals surface area (Å²) >= 11 is 0. The lowest BCUT2D eigenvalue weighted by atomic mass is 9.61. The first-order valence-electron chi connectivity index (χ1n) is 11.9. The number of hydrogen-bond donors (Lipinski definition) is 0. The van der Waals surface area contributed by atoms with Gasteiger partial charge in [-0.3, -0.25) is 9.69 Å². The monoisotopic (exact) mass is 454 g/mol. The van der Waals surface area contributed by atoms with Gasteiger partial charge < -0.3 is 14.4 Å². The van der Waals surface area contributed by atoms with E-state index in [-0.39, 0.29) is 29.8 Å². The molecule has 2 aromatic rings. The molecule has 0 radical (unpaired) electrons. The lowest BCUT2D eigenvalue weighted by Gasteiger charge is -2.58. The number of halogens is 1. The fourth-order valence-corrected chi connectivity index (χ4v) is 5.83. The third-order valence-electron chi connectivity index (χ3n) is 7.56. The van der Waals surface area contributed by atoms with Crippen LogP contribution in [0, 0.1) is 5.82 Å². The third kappa shape index (κ3) is 4.78. The number of fused-ring (bicyclic) bond motifs is 4. The van der Waals surface area contributed by atoms with Gasteiger partial charge in [0.2, 0.25) is 0 Å². The van der Waals surface area contributed by atoms with Crippen molar-refractivity contribution in [2.24, 2.45) is 0 Å². The van der Waals surface area contributed by atoms with E-state index in [0.717, 1.165) is 37.1 Å². The van der Waals surface area contributed by atoms with E-state index in [1.807, 2.05) is 25.1 Å². The van der Waals surface area contributed by atoms with Gasteiger partial charge in [-0.15, -0.1) is 0 Å². The maximum absolute atomic E-state index is 13.4. The minimum Gasteiger partial charge on any atom is -0.497 e. The Morgan fingerprint density at radius 3 is 2.70 bits per heavy atom. The van der Waals surface area contributed by atoms with Crippen LogP contribution in [0.1, 0.15) is 37.0 Å². The predicted octanol–water partition coefficient (Wildman–Crippen LogP) is 3.83. The molecule has 5 nitrogen and oxygen atoms in total. The number of ether oxygens (including phenoxy) is 2. The summed E-state index contributed by atoms with van der Waals surface area (Å²) in [4.78, 5) is 17.4. The Morgan fingerprint density at radius 2 is 2.00 bits per heavy atom. The Balaban J connectivity index is 1.69. The zero-order valence-corrected chi connectivity index (χ0v) is 20.1. The second kappa shape index (κ2) is 9.82. The topological polar surface area (TPSA) is 42.0 Å². The van der Waals surface area contributed by atoms with E-state index in [0.29, 0.717) is 19.2 Å². The highest BCUT2D eigenvalue weighted by molar-refractivity contribution is 5.71. The third-order valence-corrected chi connectivity index (χ3v) is 7.56. The number of nitrogens with zero attached hydrogens (tertiary/aromatic N) is 2. The molecule has 2 bridgehead atoms. The van der Waals surface area contributed by atoms with Crippen molar-refractivity contribution in [2.45, 2.75) is 50.6 Å². The average Bonchev–Trinajstić information content (AvgIpc) is 2.80. The summed E-state index contributed by atoms with van der Waals surface area (Å²) in [5.41, 5.74) is 3.63. The minimum atomic E-state index is -0.233. The molecule has 2 aliphatic rings. The summed E-state index contributed by atoms with van der Waals surface area (Å²) < 4.78 is 24.3. The second-order valence-corrected chi connectivity index (χ2v) is 9.54. The minimum absolute atomic E-state index is 0.116. The molecule has 33 heavy (non-hydrogen) atoms. The van der Waals surface area contributed by atoms with E-state index in [1.165, 1.54) is 23.3 Å². The molecule has 0 amide bonds. The molecule has 6 heteroatoms. The summed E-state index contributed by atoms with van der Waals surface area (Å²) in [7, 11) is 3.89. The van der Waals surface area contributed by atoms with Gasteiger partial charge in [0.25, 0.3) is 0 Å². The van der Waals surface area contributed by atoms with Crippen LogP contribution in [0.5, 0.6) is 5.75 Å². The zero-order chi connectivity index (χ0) is 23.6. The van der Waals surface area contributed by atoms with Gasteiger partial charge in [-0.25, -0.2) is 4.39 Å². The van der Waals surface area contributed by atoms with Crippen LogP contribution in [0.2, 0.25) is 0 Å². The summed E-state index contributed by atoms with van der Waals surface area (Å²) in [6, 6.07) is 13.5. The van der Waals surface area contributed by atoms with Crippen molar-refractivity contribution in [1.82, 2.24) is 9.80 Å². The first-order valence-corrected chi connectivity index (χ1v) is 11.9. The molecule has 0 N–H and O–H groups in total. The maximum Gasteiger partial charge on any atom is 0.320 e. The number of rotatable bonds is 8. The van der Waals surface area contributed by atoms with E-state index in [2.05, 4.69) is 35.9 Å². The number of piperidine rings is 1. The van der Waals surface area contributed by atoms with E-state index in [1.54, 1.807) is 7.11 Å². The fourth-order valence-electron chi connectivity index (χ4n) is 5.83. The number of carbonyl (C=O) groups is 1. The molecule has 178 valence electrons.